The van der Waals surface area contributed by atoms with Crippen LogP contribution in [0, 0.1) is 0 Å². The van der Waals surface area contributed by atoms with Crippen molar-refractivity contribution >= 4 is 10.8 Å². The molecule has 0 aliphatic carbocycles. The molecule has 2 rings (SSSR count). The Balaban J connectivity index is 2.26. The average Bonchev–Trinajstić information content (AvgIpc) is 2.39. The molecule has 102 valence electrons. The summed E-state index contributed by atoms with van der Waals surface area (Å²) in [6.07, 6.45) is 0. The number of nitrogens with zero attached hydrogens (tertiary/aromatic N) is 1. The third-order valence-electron chi connectivity index (χ3n) is 3.93. The van der Waals surface area contributed by atoms with Crippen LogP contribution >= 0.6 is 0 Å². The van der Waals surface area contributed by atoms with Crippen molar-refractivity contribution in [2.24, 2.45) is 0 Å². The Morgan fingerprint density at radius 1 is 1.05 bits per heavy atom. The molecule has 2 heteroatoms. The van der Waals surface area contributed by atoms with E-state index in [0.29, 0.717) is 0 Å². The molecule has 0 saturated heterocycles. The van der Waals surface area contributed by atoms with E-state index in [1.807, 2.05) is 7.05 Å². The first-order valence-corrected chi connectivity index (χ1v) is 6.87. The lowest BCUT2D eigenvalue weighted by Crippen LogP contribution is -2.47. The summed E-state index contributed by atoms with van der Waals surface area (Å²) in [7, 11) is 4.20. The molecule has 0 heterocycles. The fourth-order valence-electron chi connectivity index (χ4n) is 2.47. The number of rotatable bonds is 5. The predicted octanol–water partition coefficient (Wildman–Crippen LogP) is 3.27. The molecule has 0 aliphatic heterocycles. The van der Waals surface area contributed by atoms with E-state index < -0.39 is 0 Å². The number of fused-ring (bicyclic) bond motifs is 1. The van der Waals surface area contributed by atoms with Crippen molar-refractivity contribution in [2.45, 2.75) is 25.9 Å². The highest BCUT2D eigenvalue weighted by Gasteiger charge is 2.22. The van der Waals surface area contributed by atoms with E-state index in [-0.39, 0.29) is 5.54 Å². The Morgan fingerprint density at radius 2 is 1.74 bits per heavy atom. The zero-order chi connectivity index (χ0) is 13.9. The summed E-state index contributed by atoms with van der Waals surface area (Å²) in [6, 6.07) is 15.2. The van der Waals surface area contributed by atoms with Crippen LogP contribution in [0.1, 0.15) is 19.4 Å². The Kier molecular flexibility index (Phi) is 4.23. The summed E-state index contributed by atoms with van der Waals surface area (Å²) >= 11 is 0. The van der Waals surface area contributed by atoms with Gasteiger partial charge in [-0.1, -0.05) is 42.5 Å². The Labute approximate surface area is 116 Å². The van der Waals surface area contributed by atoms with Crippen LogP contribution in [0.2, 0.25) is 0 Å². The topological polar surface area (TPSA) is 15.3 Å². The highest BCUT2D eigenvalue weighted by atomic mass is 15.2. The van der Waals surface area contributed by atoms with Gasteiger partial charge in [0.05, 0.1) is 0 Å². The number of hydrogen-bond acceptors (Lipinski definition) is 2. The maximum Gasteiger partial charge on any atom is 0.0278 e. The zero-order valence-electron chi connectivity index (χ0n) is 12.4. The fourth-order valence-corrected chi connectivity index (χ4v) is 2.47. The van der Waals surface area contributed by atoms with Gasteiger partial charge in [-0.25, -0.2) is 0 Å². The summed E-state index contributed by atoms with van der Waals surface area (Å²) < 4.78 is 0. The van der Waals surface area contributed by atoms with E-state index in [0.717, 1.165) is 13.1 Å². The van der Waals surface area contributed by atoms with Crippen molar-refractivity contribution in [3.63, 3.8) is 0 Å². The van der Waals surface area contributed by atoms with Crippen molar-refractivity contribution < 1.29 is 0 Å². The van der Waals surface area contributed by atoms with E-state index in [4.69, 9.17) is 0 Å². The van der Waals surface area contributed by atoms with Crippen LogP contribution in [0.3, 0.4) is 0 Å². The average molecular weight is 256 g/mol. The molecular formula is C17H24N2. The number of likely N-dealkylation sites (N-methyl/N-ethyl adjacent to an activating group) is 2. The van der Waals surface area contributed by atoms with Gasteiger partial charge >= 0.3 is 0 Å². The van der Waals surface area contributed by atoms with E-state index in [9.17, 15) is 0 Å². The van der Waals surface area contributed by atoms with Gasteiger partial charge in [0.15, 0.2) is 0 Å². The first-order valence-electron chi connectivity index (χ1n) is 6.87. The Hall–Kier alpha value is -1.38. The number of benzene rings is 2. The first kappa shape index (κ1) is 14.0. The lowest BCUT2D eigenvalue weighted by Gasteiger charge is -2.35. The van der Waals surface area contributed by atoms with E-state index in [2.05, 4.69) is 73.6 Å². The van der Waals surface area contributed by atoms with Crippen molar-refractivity contribution in [1.29, 1.82) is 0 Å². The Bertz CT molecular complexity index is 540. The Morgan fingerprint density at radius 3 is 2.47 bits per heavy atom. The molecule has 0 fully saturated rings. The van der Waals surface area contributed by atoms with Crippen LogP contribution in [-0.2, 0) is 6.54 Å². The van der Waals surface area contributed by atoms with Crippen LogP contribution in [-0.4, -0.2) is 31.1 Å². The summed E-state index contributed by atoms with van der Waals surface area (Å²) in [5.41, 5.74) is 1.54. The number of hydrogen-bond donors (Lipinski definition) is 1. The minimum absolute atomic E-state index is 0.145. The largest absolute Gasteiger partial charge is 0.318 e. The minimum atomic E-state index is 0.145. The standard InChI is InChI=1S/C17H24N2/c1-17(2,13-18-3)19(4)12-15-10-7-9-14-8-5-6-11-16(14)15/h5-11,18H,12-13H2,1-4H3. The summed E-state index contributed by atoms with van der Waals surface area (Å²) in [6.45, 7) is 6.49. The SMILES string of the molecule is CNCC(C)(C)N(C)Cc1cccc2ccccc12. The van der Waals surface area contributed by atoms with Crippen LogP contribution in [0.4, 0.5) is 0 Å². The molecule has 0 bridgehead atoms. The molecule has 19 heavy (non-hydrogen) atoms. The third-order valence-corrected chi connectivity index (χ3v) is 3.93. The molecule has 2 aromatic rings. The molecule has 0 aliphatic rings. The molecule has 0 spiro atoms. The van der Waals surface area contributed by atoms with Gasteiger partial charge in [0, 0.05) is 18.6 Å². The number of nitrogens with one attached hydrogen (secondary N) is 1. The summed E-state index contributed by atoms with van der Waals surface area (Å²) in [5.74, 6) is 0. The van der Waals surface area contributed by atoms with Crippen molar-refractivity contribution in [2.75, 3.05) is 20.6 Å². The van der Waals surface area contributed by atoms with E-state index >= 15 is 0 Å². The summed E-state index contributed by atoms with van der Waals surface area (Å²) in [4.78, 5) is 2.41. The van der Waals surface area contributed by atoms with Crippen LogP contribution in [0.15, 0.2) is 42.5 Å². The van der Waals surface area contributed by atoms with Gasteiger partial charge < -0.3 is 5.32 Å². The second-order valence-corrected chi connectivity index (χ2v) is 5.84. The summed E-state index contributed by atoms with van der Waals surface area (Å²) in [5, 5.41) is 5.95. The lowest BCUT2D eigenvalue weighted by molar-refractivity contribution is 0.148. The third kappa shape index (κ3) is 3.14. The molecular weight excluding hydrogens is 232 g/mol. The molecule has 2 nitrogen and oxygen atoms in total. The highest BCUT2D eigenvalue weighted by molar-refractivity contribution is 5.85. The monoisotopic (exact) mass is 256 g/mol. The van der Waals surface area contributed by atoms with Gasteiger partial charge in [-0.05, 0) is 44.3 Å². The smallest absolute Gasteiger partial charge is 0.0278 e. The minimum Gasteiger partial charge on any atom is -0.318 e. The molecule has 0 aromatic heterocycles. The maximum atomic E-state index is 3.27. The molecule has 0 radical (unpaired) electrons. The maximum absolute atomic E-state index is 3.27. The van der Waals surface area contributed by atoms with Gasteiger partial charge in [0.1, 0.15) is 0 Å². The van der Waals surface area contributed by atoms with Crippen LogP contribution in [0.5, 0.6) is 0 Å². The fraction of sp³-hybridized carbons (Fsp3) is 0.412. The van der Waals surface area contributed by atoms with Crippen LogP contribution < -0.4 is 5.32 Å². The molecule has 0 atom stereocenters. The van der Waals surface area contributed by atoms with Crippen molar-refractivity contribution in [1.82, 2.24) is 10.2 Å². The predicted molar refractivity (Wildman–Crippen MR) is 83.4 cm³/mol. The molecule has 0 unspecified atom stereocenters. The van der Waals surface area contributed by atoms with Crippen molar-refractivity contribution in [3.05, 3.63) is 48.0 Å². The normalized spacial score (nSPS) is 12.3. The molecule has 0 amide bonds. The second-order valence-electron chi connectivity index (χ2n) is 5.84. The zero-order valence-corrected chi connectivity index (χ0v) is 12.4. The lowest BCUT2D eigenvalue weighted by atomic mass is 10.00. The van der Waals surface area contributed by atoms with Gasteiger partial charge in [-0.15, -0.1) is 0 Å². The molecule has 2 aromatic carbocycles. The highest BCUT2D eigenvalue weighted by Crippen LogP contribution is 2.22. The first-order chi connectivity index (χ1) is 9.04. The van der Waals surface area contributed by atoms with E-state index in [1.54, 1.807) is 0 Å². The second kappa shape index (κ2) is 5.72. The quantitative estimate of drug-likeness (QED) is 0.883. The van der Waals surface area contributed by atoms with Gasteiger partial charge in [0.2, 0.25) is 0 Å². The van der Waals surface area contributed by atoms with Gasteiger partial charge in [-0.3, -0.25) is 4.90 Å². The molecule has 0 saturated carbocycles. The van der Waals surface area contributed by atoms with Gasteiger partial charge in [-0.2, -0.15) is 0 Å². The van der Waals surface area contributed by atoms with Crippen molar-refractivity contribution in [3.8, 4) is 0 Å². The van der Waals surface area contributed by atoms with Crippen LogP contribution in [0.25, 0.3) is 10.8 Å². The van der Waals surface area contributed by atoms with E-state index in [1.165, 1.54) is 16.3 Å². The van der Waals surface area contributed by atoms with Gasteiger partial charge in [0.25, 0.3) is 0 Å². The molecule has 1 N–H and O–H groups in total.